The van der Waals surface area contributed by atoms with Gasteiger partial charge in [-0.2, -0.15) is 0 Å². The van der Waals surface area contributed by atoms with Gasteiger partial charge in [0.2, 0.25) is 0 Å². The molecule has 2 N–H and O–H groups in total. The molecule has 3 rings (SSSR count). The number of rotatable bonds is 2. The van der Waals surface area contributed by atoms with Crippen molar-refractivity contribution in [1.29, 1.82) is 0 Å². The summed E-state index contributed by atoms with van der Waals surface area (Å²) in [7, 11) is 0. The summed E-state index contributed by atoms with van der Waals surface area (Å²) in [5.41, 5.74) is 9.40. The first-order chi connectivity index (χ1) is 8.57. The molecular formula is C15H17NOS. The standard InChI is InChI=1S/C15H17NOS/c1-15(2)7-11-5-10(3-4-14(11)17-15)12-6-13(8-16)18-9-12/h3-6,9H,7-8,16H2,1-2H3. The van der Waals surface area contributed by atoms with Crippen molar-refractivity contribution < 1.29 is 4.74 Å². The summed E-state index contributed by atoms with van der Waals surface area (Å²) < 4.78 is 5.89. The third-order valence-electron chi connectivity index (χ3n) is 3.25. The molecule has 3 heteroatoms. The number of benzene rings is 1. The van der Waals surface area contributed by atoms with E-state index in [0.717, 1.165) is 12.2 Å². The zero-order valence-corrected chi connectivity index (χ0v) is 11.5. The van der Waals surface area contributed by atoms with E-state index >= 15 is 0 Å². The molecule has 0 fully saturated rings. The molecule has 94 valence electrons. The number of nitrogens with two attached hydrogens (primary N) is 1. The lowest BCUT2D eigenvalue weighted by molar-refractivity contribution is 0.138. The van der Waals surface area contributed by atoms with E-state index in [-0.39, 0.29) is 5.60 Å². The highest BCUT2D eigenvalue weighted by Gasteiger charge is 2.29. The van der Waals surface area contributed by atoms with Crippen molar-refractivity contribution in [3.05, 3.63) is 40.1 Å². The van der Waals surface area contributed by atoms with Crippen molar-refractivity contribution in [2.75, 3.05) is 0 Å². The predicted octanol–water partition coefficient (Wildman–Crippen LogP) is 3.59. The fourth-order valence-electron chi connectivity index (χ4n) is 2.43. The number of fused-ring (bicyclic) bond motifs is 1. The van der Waals surface area contributed by atoms with Gasteiger partial charge in [-0.25, -0.2) is 0 Å². The topological polar surface area (TPSA) is 35.2 Å². The molecule has 0 unspecified atom stereocenters. The van der Waals surface area contributed by atoms with E-state index in [2.05, 4.69) is 43.5 Å². The molecular weight excluding hydrogens is 242 g/mol. The lowest BCUT2D eigenvalue weighted by Crippen LogP contribution is -2.24. The average Bonchev–Trinajstić information content (AvgIpc) is 2.89. The number of hydrogen-bond donors (Lipinski definition) is 1. The first-order valence-corrected chi connectivity index (χ1v) is 7.05. The van der Waals surface area contributed by atoms with E-state index in [1.807, 2.05) is 0 Å². The monoisotopic (exact) mass is 259 g/mol. The third kappa shape index (κ3) is 2.04. The highest BCUT2D eigenvalue weighted by atomic mass is 32.1. The van der Waals surface area contributed by atoms with E-state index in [9.17, 15) is 0 Å². The van der Waals surface area contributed by atoms with Gasteiger partial charge in [0.25, 0.3) is 0 Å². The Bertz CT molecular complexity index is 586. The minimum absolute atomic E-state index is 0.0714. The van der Waals surface area contributed by atoms with Gasteiger partial charge in [0.15, 0.2) is 0 Å². The van der Waals surface area contributed by atoms with Crippen LogP contribution in [0.1, 0.15) is 24.3 Å². The molecule has 1 aliphatic rings. The quantitative estimate of drug-likeness (QED) is 0.894. The minimum atomic E-state index is -0.0714. The number of thiophene rings is 1. The summed E-state index contributed by atoms with van der Waals surface area (Å²) >= 11 is 1.72. The molecule has 0 saturated carbocycles. The van der Waals surface area contributed by atoms with Crippen molar-refractivity contribution in [3.63, 3.8) is 0 Å². The Labute approximate surface area is 111 Å². The SMILES string of the molecule is CC1(C)Cc2cc(-c3csc(CN)c3)ccc2O1. The highest BCUT2D eigenvalue weighted by Crippen LogP contribution is 2.37. The Morgan fingerprint density at radius 1 is 1.28 bits per heavy atom. The second kappa shape index (κ2) is 4.11. The van der Waals surface area contributed by atoms with Gasteiger partial charge in [-0.3, -0.25) is 0 Å². The van der Waals surface area contributed by atoms with E-state index in [0.29, 0.717) is 6.54 Å². The van der Waals surface area contributed by atoms with Crippen LogP contribution in [0.5, 0.6) is 5.75 Å². The van der Waals surface area contributed by atoms with Crippen molar-refractivity contribution >= 4 is 11.3 Å². The summed E-state index contributed by atoms with van der Waals surface area (Å²) in [5.74, 6) is 1.03. The summed E-state index contributed by atoms with van der Waals surface area (Å²) in [6, 6.07) is 8.63. The van der Waals surface area contributed by atoms with E-state index in [4.69, 9.17) is 10.5 Å². The fraction of sp³-hybridized carbons (Fsp3) is 0.333. The van der Waals surface area contributed by atoms with E-state index < -0.39 is 0 Å². The molecule has 2 heterocycles. The van der Waals surface area contributed by atoms with Gasteiger partial charge in [-0.15, -0.1) is 11.3 Å². The Kier molecular flexibility index (Phi) is 2.68. The molecule has 0 amide bonds. The molecule has 0 bridgehead atoms. The van der Waals surface area contributed by atoms with Crippen molar-refractivity contribution in [1.82, 2.24) is 0 Å². The second-order valence-corrected chi connectivity index (χ2v) is 6.36. The van der Waals surface area contributed by atoms with Crippen LogP contribution in [-0.4, -0.2) is 5.60 Å². The van der Waals surface area contributed by atoms with Crippen LogP contribution in [0, 0.1) is 0 Å². The van der Waals surface area contributed by atoms with Crippen molar-refractivity contribution in [2.24, 2.45) is 5.73 Å². The van der Waals surface area contributed by atoms with Crippen LogP contribution >= 0.6 is 11.3 Å². The number of ether oxygens (including phenoxy) is 1. The van der Waals surface area contributed by atoms with Crippen LogP contribution in [0.25, 0.3) is 11.1 Å². The molecule has 18 heavy (non-hydrogen) atoms. The van der Waals surface area contributed by atoms with Gasteiger partial charge in [0.1, 0.15) is 11.4 Å². The van der Waals surface area contributed by atoms with Crippen LogP contribution in [0.15, 0.2) is 29.6 Å². The summed E-state index contributed by atoms with van der Waals surface area (Å²) in [4.78, 5) is 1.22. The molecule has 0 aliphatic carbocycles. The Morgan fingerprint density at radius 3 is 2.83 bits per heavy atom. The fourth-order valence-corrected chi connectivity index (χ4v) is 3.20. The molecule has 0 saturated heterocycles. The smallest absolute Gasteiger partial charge is 0.123 e. The molecule has 1 aliphatic heterocycles. The zero-order chi connectivity index (χ0) is 12.8. The van der Waals surface area contributed by atoms with Crippen LogP contribution in [0.2, 0.25) is 0 Å². The van der Waals surface area contributed by atoms with E-state index in [1.165, 1.54) is 21.6 Å². The van der Waals surface area contributed by atoms with Crippen molar-refractivity contribution in [2.45, 2.75) is 32.4 Å². The third-order valence-corrected chi connectivity index (χ3v) is 4.21. The van der Waals surface area contributed by atoms with Crippen LogP contribution in [-0.2, 0) is 13.0 Å². The zero-order valence-electron chi connectivity index (χ0n) is 10.7. The Hall–Kier alpha value is -1.32. The molecule has 1 aromatic heterocycles. The number of hydrogen-bond acceptors (Lipinski definition) is 3. The summed E-state index contributed by atoms with van der Waals surface area (Å²) in [5, 5.41) is 2.17. The maximum absolute atomic E-state index is 5.89. The first kappa shape index (κ1) is 11.8. The minimum Gasteiger partial charge on any atom is -0.487 e. The summed E-state index contributed by atoms with van der Waals surface area (Å²) in [6.07, 6.45) is 0.976. The average molecular weight is 259 g/mol. The van der Waals surface area contributed by atoms with Crippen LogP contribution < -0.4 is 10.5 Å². The van der Waals surface area contributed by atoms with Gasteiger partial charge < -0.3 is 10.5 Å². The first-order valence-electron chi connectivity index (χ1n) is 6.17. The largest absolute Gasteiger partial charge is 0.487 e. The van der Waals surface area contributed by atoms with Gasteiger partial charge in [0.05, 0.1) is 0 Å². The van der Waals surface area contributed by atoms with Crippen molar-refractivity contribution in [3.8, 4) is 16.9 Å². The Morgan fingerprint density at radius 2 is 2.11 bits per heavy atom. The van der Waals surface area contributed by atoms with Gasteiger partial charge in [-0.1, -0.05) is 6.07 Å². The maximum Gasteiger partial charge on any atom is 0.123 e. The predicted molar refractivity (Wildman–Crippen MR) is 76.1 cm³/mol. The molecule has 0 atom stereocenters. The van der Waals surface area contributed by atoms with Gasteiger partial charge in [-0.05, 0) is 54.1 Å². The summed E-state index contributed by atoms with van der Waals surface area (Å²) in [6.45, 7) is 4.87. The van der Waals surface area contributed by atoms with Gasteiger partial charge >= 0.3 is 0 Å². The Balaban J connectivity index is 1.97. The van der Waals surface area contributed by atoms with Gasteiger partial charge in [0, 0.05) is 17.8 Å². The molecule has 2 aromatic rings. The second-order valence-electron chi connectivity index (χ2n) is 5.37. The molecule has 0 spiro atoms. The maximum atomic E-state index is 5.89. The van der Waals surface area contributed by atoms with E-state index in [1.54, 1.807) is 11.3 Å². The van der Waals surface area contributed by atoms with Crippen LogP contribution in [0.4, 0.5) is 0 Å². The normalized spacial score (nSPS) is 16.4. The molecule has 2 nitrogen and oxygen atoms in total. The lowest BCUT2D eigenvalue weighted by atomic mass is 9.98. The van der Waals surface area contributed by atoms with Crippen LogP contribution in [0.3, 0.4) is 0 Å². The molecule has 1 aromatic carbocycles. The molecule has 0 radical (unpaired) electrons. The lowest BCUT2D eigenvalue weighted by Gasteiger charge is -2.16. The highest BCUT2D eigenvalue weighted by molar-refractivity contribution is 7.10.